The molecule has 1 heterocycles. The number of nitrogens with zero attached hydrogens (tertiary/aromatic N) is 3. The molecule has 0 aliphatic carbocycles. The van der Waals surface area contributed by atoms with Crippen LogP contribution < -0.4 is 5.32 Å². The van der Waals surface area contributed by atoms with Crippen LogP contribution in [0.15, 0.2) is 36.5 Å². The van der Waals surface area contributed by atoms with E-state index in [1.165, 1.54) is 24.4 Å². The number of pyridine rings is 1. The van der Waals surface area contributed by atoms with Crippen molar-refractivity contribution < 1.29 is 9.85 Å². The number of non-ortho nitro benzene ring substituents is 1. The number of aromatic nitrogens is 1. The summed E-state index contributed by atoms with van der Waals surface area (Å²) in [6.45, 7) is 0.228. The Bertz CT molecular complexity index is 690. The highest BCUT2D eigenvalue weighted by molar-refractivity contribution is 6.33. The van der Waals surface area contributed by atoms with Crippen molar-refractivity contribution in [2.75, 3.05) is 5.32 Å². The largest absolute Gasteiger partial charge is 0.360 e. The first-order valence-electron chi connectivity index (χ1n) is 5.75. The average Bonchev–Trinajstić information content (AvgIpc) is 2.45. The summed E-state index contributed by atoms with van der Waals surface area (Å²) in [6, 6.07) is 7.16. The van der Waals surface area contributed by atoms with Crippen molar-refractivity contribution in [1.82, 2.24) is 4.98 Å². The number of rotatable bonds is 5. The van der Waals surface area contributed by atoms with Crippen LogP contribution >= 0.6 is 11.6 Å². The fourth-order valence-electron chi connectivity index (χ4n) is 1.65. The van der Waals surface area contributed by atoms with Gasteiger partial charge in [-0.3, -0.25) is 20.2 Å². The maximum absolute atomic E-state index is 10.9. The molecule has 0 atom stereocenters. The first kappa shape index (κ1) is 14.7. The third-order valence-electron chi connectivity index (χ3n) is 2.66. The van der Waals surface area contributed by atoms with E-state index in [2.05, 4.69) is 10.3 Å². The van der Waals surface area contributed by atoms with Crippen LogP contribution in [0.25, 0.3) is 0 Å². The van der Waals surface area contributed by atoms with E-state index in [1.54, 1.807) is 12.1 Å². The second kappa shape index (κ2) is 6.14. The van der Waals surface area contributed by atoms with Crippen molar-refractivity contribution in [1.29, 1.82) is 0 Å². The Morgan fingerprint density at radius 2 is 1.76 bits per heavy atom. The van der Waals surface area contributed by atoms with Crippen molar-refractivity contribution >= 4 is 28.8 Å². The van der Waals surface area contributed by atoms with Crippen molar-refractivity contribution in [3.63, 3.8) is 0 Å². The number of nitro benzene ring substituents is 1. The Kier molecular flexibility index (Phi) is 4.29. The Balaban J connectivity index is 2.15. The highest BCUT2D eigenvalue weighted by atomic mass is 35.5. The van der Waals surface area contributed by atoms with Gasteiger partial charge in [0.25, 0.3) is 5.69 Å². The molecule has 0 aliphatic rings. The molecule has 0 aliphatic heterocycles. The first-order chi connectivity index (χ1) is 9.99. The van der Waals surface area contributed by atoms with Gasteiger partial charge in [-0.1, -0.05) is 23.7 Å². The summed E-state index contributed by atoms with van der Waals surface area (Å²) < 4.78 is 0. The molecule has 2 aromatic rings. The lowest BCUT2D eigenvalue weighted by Gasteiger charge is -2.06. The van der Waals surface area contributed by atoms with Gasteiger partial charge in [0.05, 0.1) is 9.85 Å². The van der Waals surface area contributed by atoms with E-state index < -0.39 is 9.85 Å². The summed E-state index contributed by atoms with van der Waals surface area (Å²) >= 11 is 5.77. The zero-order valence-corrected chi connectivity index (χ0v) is 11.3. The number of anilines is 1. The Hall–Kier alpha value is -2.74. The van der Waals surface area contributed by atoms with Crippen LogP contribution in [0.3, 0.4) is 0 Å². The lowest BCUT2D eigenvalue weighted by molar-refractivity contribution is -0.384. The van der Waals surface area contributed by atoms with Gasteiger partial charge in [-0.05, 0) is 11.6 Å². The molecule has 0 unspecified atom stereocenters. The summed E-state index contributed by atoms with van der Waals surface area (Å²) in [6.07, 6.45) is 1.35. The quantitative estimate of drug-likeness (QED) is 0.670. The molecule has 0 bridgehead atoms. The fraction of sp³-hybridized carbons (Fsp3) is 0.0833. The maximum atomic E-state index is 10.9. The molecule has 21 heavy (non-hydrogen) atoms. The SMILES string of the molecule is O=[N+]([O-])c1ccc(CNc2nccc(Cl)c2[N+](=O)[O-])cc1. The average molecular weight is 309 g/mol. The van der Waals surface area contributed by atoms with E-state index in [1.807, 2.05) is 0 Å². The fourth-order valence-corrected chi connectivity index (χ4v) is 1.87. The smallest absolute Gasteiger partial charge is 0.329 e. The molecule has 9 heteroatoms. The molecule has 0 amide bonds. The lowest BCUT2D eigenvalue weighted by Crippen LogP contribution is -2.05. The van der Waals surface area contributed by atoms with Gasteiger partial charge < -0.3 is 5.32 Å². The predicted molar refractivity (Wildman–Crippen MR) is 76.3 cm³/mol. The molecular formula is C12H9ClN4O4. The zero-order chi connectivity index (χ0) is 15.4. The summed E-state index contributed by atoms with van der Waals surface area (Å²) in [7, 11) is 0. The van der Waals surface area contributed by atoms with E-state index in [0.717, 1.165) is 5.56 Å². The number of hydrogen-bond donors (Lipinski definition) is 1. The van der Waals surface area contributed by atoms with E-state index in [0.29, 0.717) is 0 Å². The lowest BCUT2D eigenvalue weighted by atomic mass is 10.2. The topological polar surface area (TPSA) is 111 Å². The standard InChI is InChI=1S/C12H9ClN4O4/c13-10-5-6-14-12(11(10)17(20)21)15-7-8-1-3-9(4-2-8)16(18)19/h1-6H,7H2,(H,14,15). The number of nitrogens with one attached hydrogen (secondary N) is 1. The van der Waals surface area contributed by atoms with Gasteiger partial charge in [-0.15, -0.1) is 0 Å². The second-order valence-electron chi connectivity index (χ2n) is 4.02. The van der Waals surface area contributed by atoms with Gasteiger partial charge in [0.1, 0.15) is 5.02 Å². The number of nitro groups is 2. The predicted octanol–water partition coefficient (Wildman–Crippen LogP) is 3.16. The van der Waals surface area contributed by atoms with E-state index in [4.69, 9.17) is 11.6 Å². The monoisotopic (exact) mass is 308 g/mol. The minimum atomic E-state index is -0.618. The number of hydrogen-bond acceptors (Lipinski definition) is 6. The first-order valence-corrected chi connectivity index (χ1v) is 6.13. The van der Waals surface area contributed by atoms with Gasteiger partial charge in [-0.25, -0.2) is 4.98 Å². The minimum absolute atomic E-state index is 0.0128. The third-order valence-corrected chi connectivity index (χ3v) is 2.97. The number of halogens is 1. The van der Waals surface area contributed by atoms with Crippen LogP contribution in [0.5, 0.6) is 0 Å². The summed E-state index contributed by atoms with van der Waals surface area (Å²) in [5, 5.41) is 24.3. The highest BCUT2D eigenvalue weighted by Crippen LogP contribution is 2.30. The molecule has 1 N–H and O–H groups in total. The highest BCUT2D eigenvalue weighted by Gasteiger charge is 2.19. The van der Waals surface area contributed by atoms with E-state index in [-0.39, 0.29) is 28.8 Å². The summed E-state index contributed by atoms with van der Waals surface area (Å²) in [4.78, 5) is 24.2. The van der Waals surface area contributed by atoms with Gasteiger partial charge in [-0.2, -0.15) is 0 Å². The van der Waals surface area contributed by atoms with Crippen molar-refractivity contribution in [3.8, 4) is 0 Å². The Morgan fingerprint density at radius 1 is 1.10 bits per heavy atom. The molecular weight excluding hydrogens is 300 g/mol. The Morgan fingerprint density at radius 3 is 2.33 bits per heavy atom. The van der Waals surface area contributed by atoms with Crippen LogP contribution in [0.2, 0.25) is 5.02 Å². The van der Waals surface area contributed by atoms with Crippen molar-refractivity contribution in [2.45, 2.75) is 6.54 Å². The van der Waals surface area contributed by atoms with Crippen molar-refractivity contribution in [3.05, 3.63) is 67.3 Å². The summed E-state index contributed by atoms with van der Waals surface area (Å²) in [5.74, 6) is 0.0471. The van der Waals surface area contributed by atoms with Crippen LogP contribution in [0.1, 0.15) is 5.56 Å². The molecule has 0 fully saturated rings. The van der Waals surface area contributed by atoms with Gasteiger partial charge >= 0.3 is 5.69 Å². The van der Waals surface area contributed by atoms with Crippen LogP contribution in [-0.2, 0) is 6.54 Å². The normalized spacial score (nSPS) is 10.1. The van der Waals surface area contributed by atoms with Gasteiger partial charge in [0.15, 0.2) is 0 Å². The number of benzene rings is 1. The van der Waals surface area contributed by atoms with Gasteiger partial charge in [0, 0.05) is 24.9 Å². The molecule has 108 valence electrons. The molecule has 0 radical (unpaired) electrons. The van der Waals surface area contributed by atoms with Crippen molar-refractivity contribution in [2.24, 2.45) is 0 Å². The maximum Gasteiger partial charge on any atom is 0.329 e. The van der Waals surface area contributed by atoms with E-state index in [9.17, 15) is 20.2 Å². The molecule has 0 spiro atoms. The van der Waals surface area contributed by atoms with E-state index >= 15 is 0 Å². The molecule has 2 rings (SSSR count). The second-order valence-corrected chi connectivity index (χ2v) is 4.43. The molecule has 0 saturated carbocycles. The van der Waals surface area contributed by atoms with Crippen LogP contribution in [-0.4, -0.2) is 14.8 Å². The molecule has 1 aromatic heterocycles. The third kappa shape index (κ3) is 3.42. The molecule has 8 nitrogen and oxygen atoms in total. The van der Waals surface area contributed by atoms with Crippen LogP contribution in [0, 0.1) is 20.2 Å². The van der Waals surface area contributed by atoms with Crippen LogP contribution in [0.4, 0.5) is 17.2 Å². The zero-order valence-electron chi connectivity index (χ0n) is 10.5. The molecule has 0 saturated heterocycles. The summed E-state index contributed by atoms with van der Waals surface area (Å²) in [5.41, 5.74) is 0.392. The molecule has 1 aromatic carbocycles. The Labute approximate surface area is 123 Å². The van der Waals surface area contributed by atoms with Gasteiger partial charge in [0.2, 0.25) is 5.82 Å². The minimum Gasteiger partial charge on any atom is -0.360 e.